The van der Waals surface area contributed by atoms with E-state index in [9.17, 15) is 4.79 Å². The van der Waals surface area contributed by atoms with E-state index < -0.39 is 5.91 Å². The van der Waals surface area contributed by atoms with Gasteiger partial charge >= 0.3 is 0 Å². The van der Waals surface area contributed by atoms with Gasteiger partial charge < -0.3 is 15.2 Å². The van der Waals surface area contributed by atoms with Crippen molar-refractivity contribution in [2.75, 3.05) is 20.3 Å². The second-order valence-corrected chi connectivity index (χ2v) is 2.56. The highest BCUT2D eigenvalue weighted by Crippen LogP contribution is 2.13. The van der Waals surface area contributed by atoms with Crippen LogP contribution in [0.2, 0.25) is 0 Å². The van der Waals surface area contributed by atoms with Crippen molar-refractivity contribution < 1.29 is 14.3 Å². The average Bonchev–Trinajstić information content (AvgIpc) is 2.19. The lowest BCUT2D eigenvalue weighted by atomic mass is 10.3. The summed E-state index contributed by atoms with van der Waals surface area (Å²) in [6.45, 7) is 0.815. The molecular weight excluding hydrogens is 184 g/mol. The van der Waals surface area contributed by atoms with Crippen LogP contribution in [0.5, 0.6) is 5.75 Å². The normalized spacial score (nSPS) is 9.79. The number of amides is 1. The van der Waals surface area contributed by atoms with Gasteiger partial charge in [-0.1, -0.05) is 0 Å². The summed E-state index contributed by atoms with van der Waals surface area (Å²) in [6.07, 6.45) is 1.49. The Morgan fingerprint density at radius 1 is 1.57 bits per heavy atom. The molecular formula is C9H12N2O3. The number of hydrogen-bond acceptors (Lipinski definition) is 4. The molecule has 0 fully saturated rings. The van der Waals surface area contributed by atoms with Gasteiger partial charge in [0.1, 0.15) is 6.61 Å². The van der Waals surface area contributed by atoms with Gasteiger partial charge in [0, 0.05) is 13.3 Å². The molecule has 5 nitrogen and oxygen atoms in total. The summed E-state index contributed by atoms with van der Waals surface area (Å²) in [5.74, 6) is -0.213. The molecule has 0 spiro atoms. The van der Waals surface area contributed by atoms with Crippen molar-refractivity contribution in [1.29, 1.82) is 0 Å². The highest BCUT2D eigenvalue weighted by molar-refractivity contribution is 5.93. The molecule has 14 heavy (non-hydrogen) atoms. The van der Waals surface area contributed by atoms with Gasteiger partial charge in [-0.25, -0.2) is 4.98 Å². The van der Waals surface area contributed by atoms with Crippen LogP contribution in [0.4, 0.5) is 0 Å². The molecule has 2 N–H and O–H groups in total. The number of carbonyl (C=O) groups is 1. The minimum absolute atomic E-state index is 0.142. The van der Waals surface area contributed by atoms with Gasteiger partial charge in [-0.3, -0.25) is 4.79 Å². The van der Waals surface area contributed by atoms with Gasteiger partial charge in [-0.15, -0.1) is 0 Å². The third-order valence-corrected chi connectivity index (χ3v) is 1.55. The summed E-state index contributed by atoms with van der Waals surface area (Å²) in [7, 11) is 1.57. The molecule has 0 aromatic carbocycles. The van der Waals surface area contributed by atoms with Crippen molar-refractivity contribution in [3.63, 3.8) is 0 Å². The summed E-state index contributed by atoms with van der Waals surface area (Å²) < 4.78 is 10.1. The summed E-state index contributed by atoms with van der Waals surface area (Å²) in [5, 5.41) is 0. The van der Waals surface area contributed by atoms with E-state index in [1.165, 1.54) is 6.20 Å². The average molecular weight is 196 g/mol. The third kappa shape index (κ3) is 2.70. The number of pyridine rings is 1. The maximum Gasteiger partial charge on any atom is 0.271 e. The molecule has 5 heteroatoms. The van der Waals surface area contributed by atoms with Crippen molar-refractivity contribution in [3.8, 4) is 5.75 Å². The second kappa shape index (κ2) is 5.18. The molecule has 1 amide bonds. The maximum absolute atomic E-state index is 10.9. The molecule has 1 aromatic heterocycles. The fraction of sp³-hybridized carbons (Fsp3) is 0.333. The molecule has 0 saturated carbocycles. The van der Waals surface area contributed by atoms with E-state index in [2.05, 4.69) is 4.98 Å². The lowest BCUT2D eigenvalue weighted by molar-refractivity contribution is 0.0986. The van der Waals surface area contributed by atoms with Crippen molar-refractivity contribution >= 4 is 5.91 Å². The first-order chi connectivity index (χ1) is 6.75. The van der Waals surface area contributed by atoms with Gasteiger partial charge in [0.05, 0.1) is 6.61 Å². The third-order valence-electron chi connectivity index (χ3n) is 1.55. The largest absolute Gasteiger partial charge is 0.489 e. The number of primary amides is 1. The van der Waals surface area contributed by atoms with E-state index in [1.807, 2.05) is 0 Å². The topological polar surface area (TPSA) is 74.4 Å². The first-order valence-electron chi connectivity index (χ1n) is 4.12. The Morgan fingerprint density at radius 2 is 2.36 bits per heavy atom. The minimum atomic E-state index is -0.599. The molecule has 0 unspecified atom stereocenters. The monoisotopic (exact) mass is 196 g/mol. The number of aromatic nitrogens is 1. The predicted molar refractivity (Wildman–Crippen MR) is 50.1 cm³/mol. The van der Waals surface area contributed by atoms with E-state index in [4.69, 9.17) is 15.2 Å². The molecule has 0 radical (unpaired) electrons. The molecule has 1 rings (SSSR count). The van der Waals surface area contributed by atoms with Crippen molar-refractivity contribution in [2.24, 2.45) is 5.73 Å². The smallest absolute Gasteiger partial charge is 0.271 e. The van der Waals surface area contributed by atoms with Crippen LogP contribution in [-0.2, 0) is 4.74 Å². The van der Waals surface area contributed by atoms with Crippen LogP contribution in [0.1, 0.15) is 10.5 Å². The van der Waals surface area contributed by atoms with Gasteiger partial charge in [0.2, 0.25) is 0 Å². The molecule has 0 atom stereocenters. The van der Waals surface area contributed by atoms with Crippen LogP contribution in [0.15, 0.2) is 18.3 Å². The van der Waals surface area contributed by atoms with Crippen LogP contribution in [0, 0.1) is 0 Å². The number of hydrogen-bond donors (Lipinski definition) is 1. The zero-order chi connectivity index (χ0) is 10.4. The molecule has 0 bridgehead atoms. The molecule has 0 aliphatic heterocycles. The van der Waals surface area contributed by atoms with Crippen LogP contribution in [0.3, 0.4) is 0 Å². The Balaban J connectivity index is 2.69. The molecule has 1 aromatic rings. The van der Waals surface area contributed by atoms with Gasteiger partial charge in [0.25, 0.3) is 5.91 Å². The molecule has 1 heterocycles. The summed E-state index contributed by atoms with van der Waals surface area (Å²) in [6, 6.07) is 3.32. The number of nitrogens with two attached hydrogens (primary N) is 1. The summed E-state index contributed by atoms with van der Waals surface area (Å²) in [4.78, 5) is 14.7. The number of carbonyl (C=O) groups excluding carboxylic acids is 1. The van der Waals surface area contributed by atoms with E-state index in [0.29, 0.717) is 19.0 Å². The van der Waals surface area contributed by atoms with Crippen LogP contribution < -0.4 is 10.5 Å². The molecule has 0 aliphatic rings. The quantitative estimate of drug-likeness (QED) is 0.683. The zero-order valence-electron chi connectivity index (χ0n) is 7.90. The predicted octanol–water partition coefficient (Wildman–Crippen LogP) is 0.206. The first kappa shape index (κ1) is 10.5. The van der Waals surface area contributed by atoms with E-state index in [-0.39, 0.29) is 5.69 Å². The van der Waals surface area contributed by atoms with Crippen LogP contribution in [-0.4, -0.2) is 31.2 Å². The highest BCUT2D eigenvalue weighted by Gasteiger charge is 2.09. The first-order valence-corrected chi connectivity index (χ1v) is 4.12. The fourth-order valence-electron chi connectivity index (χ4n) is 0.927. The van der Waals surface area contributed by atoms with Crippen LogP contribution in [0.25, 0.3) is 0 Å². The van der Waals surface area contributed by atoms with E-state index >= 15 is 0 Å². The standard InChI is InChI=1S/C9H12N2O3/c1-13-5-6-14-7-3-2-4-11-8(7)9(10)12/h2-4H,5-6H2,1H3,(H2,10,12). The Labute approximate surface area is 81.8 Å². The Morgan fingerprint density at radius 3 is 3.00 bits per heavy atom. The van der Waals surface area contributed by atoms with E-state index in [0.717, 1.165) is 0 Å². The number of rotatable bonds is 5. The van der Waals surface area contributed by atoms with Gasteiger partial charge in [-0.2, -0.15) is 0 Å². The lowest BCUT2D eigenvalue weighted by Crippen LogP contribution is -2.16. The zero-order valence-corrected chi connectivity index (χ0v) is 7.90. The maximum atomic E-state index is 10.9. The fourth-order valence-corrected chi connectivity index (χ4v) is 0.927. The minimum Gasteiger partial charge on any atom is -0.489 e. The SMILES string of the molecule is COCCOc1cccnc1C(N)=O. The molecule has 0 saturated heterocycles. The molecule has 0 aliphatic carbocycles. The van der Waals surface area contributed by atoms with Crippen LogP contribution >= 0.6 is 0 Å². The van der Waals surface area contributed by atoms with Crippen molar-refractivity contribution in [2.45, 2.75) is 0 Å². The van der Waals surface area contributed by atoms with Crippen molar-refractivity contribution in [3.05, 3.63) is 24.0 Å². The Kier molecular flexibility index (Phi) is 3.87. The van der Waals surface area contributed by atoms with Gasteiger partial charge in [-0.05, 0) is 12.1 Å². The number of methoxy groups -OCH3 is 1. The second-order valence-electron chi connectivity index (χ2n) is 2.56. The van der Waals surface area contributed by atoms with E-state index in [1.54, 1.807) is 19.2 Å². The number of ether oxygens (including phenoxy) is 2. The summed E-state index contributed by atoms with van der Waals surface area (Å²) >= 11 is 0. The summed E-state index contributed by atoms with van der Waals surface area (Å²) in [5.41, 5.74) is 5.25. The highest BCUT2D eigenvalue weighted by atomic mass is 16.5. The van der Waals surface area contributed by atoms with Crippen molar-refractivity contribution in [1.82, 2.24) is 4.98 Å². The number of nitrogens with zero attached hydrogens (tertiary/aromatic N) is 1. The Bertz CT molecular complexity index is 315. The lowest BCUT2D eigenvalue weighted by Gasteiger charge is -2.07. The molecule has 76 valence electrons. The van der Waals surface area contributed by atoms with Gasteiger partial charge in [0.15, 0.2) is 11.4 Å². The Hall–Kier alpha value is -1.62.